The number of rotatable bonds is 7. The molecule has 0 aliphatic rings. The summed E-state index contributed by atoms with van der Waals surface area (Å²) in [7, 11) is -1.45. The summed E-state index contributed by atoms with van der Waals surface area (Å²) >= 11 is 0. The molecule has 0 spiro atoms. The molecule has 355 valence electrons. The number of halogens is 1. The third-order valence-corrected chi connectivity index (χ3v) is 15.6. The van der Waals surface area contributed by atoms with Gasteiger partial charge in [0, 0.05) is 48.6 Å². The number of hydrogen-bond donors (Lipinski definition) is 0. The number of fused-ring (bicyclic) bond motifs is 8. The Kier molecular flexibility index (Phi) is 12.8. The van der Waals surface area contributed by atoms with Crippen LogP contribution < -0.4 is 5.19 Å². The molecule has 4 aromatic heterocycles. The monoisotopic (exact) mass is 1130 g/mol. The van der Waals surface area contributed by atoms with Gasteiger partial charge in [-0.3, -0.25) is 9.37 Å². The van der Waals surface area contributed by atoms with E-state index in [1.165, 1.54) is 55.7 Å². The van der Waals surface area contributed by atoms with Crippen molar-refractivity contribution in [3.63, 3.8) is 0 Å². The van der Waals surface area contributed by atoms with Crippen molar-refractivity contribution >= 4 is 78.8 Å². The van der Waals surface area contributed by atoms with Crippen molar-refractivity contribution in [2.45, 2.75) is 59.2 Å². The van der Waals surface area contributed by atoms with Crippen LogP contribution in [0.5, 0.6) is 0 Å². The molecule has 8 aromatic carbocycles. The van der Waals surface area contributed by atoms with E-state index < -0.39 is 8.07 Å². The topological polar surface area (TPSA) is 80.5 Å². The first-order valence-electron chi connectivity index (χ1n) is 24.1. The third kappa shape index (κ3) is 8.81. The number of benzene rings is 8. The van der Waals surface area contributed by atoms with Crippen LogP contribution in [-0.2, 0) is 20.1 Å². The summed E-state index contributed by atoms with van der Waals surface area (Å²) in [5.41, 5.74) is 12.9. The van der Waals surface area contributed by atoms with E-state index in [9.17, 15) is 9.65 Å². The fraction of sp³-hybridized carbons (Fsp3) is 0.143. The molecule has 0 N–H and O–H groups in total. The summed E-state index contributed by atoms with van der Waals surface area (Å²) in [6, 6.07) is 62.0. The minimum Gasteiger partial charge on any atom is -0.486 e. The van der Waals surface area contributed by atoms with Gasteiger partial charge in [0.15, 0.2) is 0 Å². The van der Waals surface area contributed by atoms with E-state index in [4.69, 9.17) is 14.4 Å². The molecule has 0 bridgehead atoms. The Balaban J connectivity index is 0.000000370. The van der Waals surface area contributed by atoms with Crippen molar-refractivity contribution in [1.29, 1.82) is 5.26 Å². The first-order valence-corrected chi connectivity index (χ1v) is 27.6. The standard InChI is InChI=1S/C52H43N4OSi.C11H7FN.Ir/c1-30(2)42-25-37(33-19-21-38(22-20-33)58(5,6)7)26-43(31(3)4)49(42)56-48-28-44-35(18-17-34-11-8-9-12-39(34)44)27-47(48)54-51(56)41-14-10-13-40-45-24-36-16-15-32(29-53)23-46(36)55-52(45)57-50(40)41;12-10-6-4-9(5-7-10)11-3-1-2-8-13-11;/h8-13,15-28,30-31H,1-7H3;1-4,6-8H;/q2*-1;. The van der Waals surface area contributed by atoms with Gasteiger partial charge in [-0.1, -0.05) is 142 Å². The van der Waals surface area contributed by atoms with E-state index >= 15 is 0 Å². The molecule has 0 saturated carbocycles. The van der Waals surface area contributed by atoms with Gasteiger partial charge < -0.3 is 14.0 Å². The quantitative estimate of drug-likeness (QED) is 0.0902. The second-order valence-corrected chi connectivity index (χ2v) is 25.0. The molecule has 1 radical (unpaired) electrons. The van der Waals surface area contributed by atoms with Gasteiger partial charge in [0.05, 0.1) is 47.7 Å². The van der Waals surface area contributed by atoms with E-state index in [1.54, 1.807) is 12.3 Å². The van der Waals surface area contributed by atoms with Gasteiger partial charge in [-0.15, -0.1) is 48.0 Å². The van der Waals surface area contributed by atoms with E-state index in [0.717, 1.165) is 66.4 Å². The molecule has 0 unspecified atom stereocenters. The molecular weight excluding hydrogens is 1080 g/mol. The molecule has 0 saturated heterocycles. The van der Waals surface area contributed by atoms with Crippen molar-refractivity contribution in [2.75, 3.05) is 0 Å². The molecule has 72 heavy (non-hydrogen) atoms. The first kappa shape index (κ1) is 48.0. The molecular formula is C63H50FIrN5OSi-2. The van der Waals surface area contributed by atoms with Crippen LogP contribution in [0.1, 0.15) is 56.2 Å². The van der Waals surface area contributed by atoms with Gasteiger partial charge in [-0.25, -0.2) is 4.98 Å². The van der Waals surface area contributed by atoms with Crippen molar-refractivity contribution in [2.24, 2.45) is 0 Å². The zero-order valence-electron chi connectivity index (χ0n) is 41.1. The van der Waals surface area contributed by atoms with E-state index in [-0.39, 0.29) is 37.8 Å². The number of hydrogen-bond acceptors (Lipinski definition) is 5. The predicted molar refractivity (Wildman–Crippen MR) is 293 cm³/mol. The molecule has 12 aromatic rings. The molecule has 0 aliphatic heterocycles. The number of nitrogens with zero attached hydrogens (tertiary/aromatic N) is 5. The van der Waals surface area contributed by atoms with Crippen molar-refractivity contribution in [3.05, 3.63) is 199 Å². The zero-order chi connectivity index (χ0) is 49.1. The second-order valence-electron chi connectivity index (χ2n) is 20.0. The van der Waals surface area contributed by atoms with Crippen LogP contribution in [0.4, 0.5) is 4.39 Å². The summed E-state index contributed by atoms with van der Waals surface area (Å²) in [6.45, 7) is 16.4. The summed E-state index contributed by atoms with van der Waals surface area (Å²) in [5.74, 6) is 0.911. The summed E-state index contributed by atoms with van der Waals surface area (Å²) < 4.78 is 21.7. The van der Waals surface area contributed by atoms with Crippen molar-refractivity contribution < 1.29 is 28.9 Å². The van der Waals surface area contributed by atoms with Gasteiger partial charge in [0.2, 0.25) is 5.71 Å². The van der Waals surface area contributed by atoms with Gasteiger partial charge in [-0.05, 0) is 110 Å². The second kappa shape index (κ2) is 19.2. The SMILES string of the molecule is CC(C)c1cc(-c2ccc([Si](C)(C)C)cc2)cc(C(C)C)c1-n1c(-c2[c-]ccc3c2oc2nc4cc(C#N)ccc4cc23)nc2cc3ccc4ccccc4c3cc21.Fc1c[c-]c(-c2ccccn2)cc1.[Ir]. The molecule has 0 amide bonds. The Morgan fingerprint density at radius 3 is 2.08 bits per heavy atom. The predicted octanol–water partition coefficient (Wildman–Crippen LogP) is 16.3. The molecule has 0 aliphatic carbocycles. The van der Waals surface area contributed by atoms with Crippen molar-refractivity contribution in [3.8, 4) is 45.5 Å². The Bertz CT molecular complexity index is 4030. The maximum Gasteiger partial charge on any atom is 0.216 e. The maximum atomic E-state index is 12.6. The number of pyridine rings is 2. The maximum absolute atomic E-state index is 12.6. The molecule has 6 nitrogen and oxygen atoms in total. The summed E-state index contributed by atoms with van der Waals surface area (Å²) in [6.07, 6.45) is 1.70. The van der Waals surface area contributed by atoms with E-state index in [1.807, 2.05) is 42.5 Å². The molecule has 12 rings (SSSR count). The van der Waals surface area contributed by atoms with E-state index in [2.05, 4.69) is 172 Å². The Morgan fingerprint density at radius 2 is 1.39 bits per heavy atom. The normalized spacial score (nSPS) is 11.7. The van der Waals surface area contributed by atoms with Crippen molar-refractivity contribution in [1.82, 2.24) is 19.5 Å². The average molecular weight is 1130 g/mol. The van der Waals surface area contributed by atoms with Crippen LogP contribution in [0.25, 0.3) is 105 Å². The Labute approximate surface area is 433 Å². The fourth-order valence-electron chi connectivity index (χ4n) is 9.76. The number of furan rings is 1. The van der Waals surface area contributed by atoms with Gasteiger partial charge in [0.25, 0.3) is 0 Å². The van der Waals surface area contributed by atoms with Gasteiger partial charge >= 0.3 is 0 Å². The third-order valence-electron chi connectivity index (χ3n) is 13.5. The number of nitriles is 1. The summed E-state index contributed by atoms with van der Waals surface area (Å²) in [4.78, 5) is 14.6. The van der Waals surface area contributed by atoms with Crippen LogP contribution in [-0.4, -0.2) is 27.6 Å². The Hall–Kier alpha value is -7.60. The van der Waals surface area contributed by atoms with Crippen LogP contribution in [0.2, 0.25) is 19.6 Å². The van der Waals surface area contributed by atoms with E-state index in [0.29, 0.717) is 16.9 Å². The Morgan fingerprint density at radius 1 is 0.653 bits per heavy atom. The minimum atomic E-state index is -1.45. The van der Waals surface area contributed by atoms with Gasteiger partial charge in [0.1, 0.15) is 0 Å². The number of imidazole rings is 1. The average Bonchev–Trinajstić information content (AvgIpc) is 3.94. The van der Waals surface area contributed by atoms with Crippen LogP contribution in [0, 0.1) is 29.3 Å². The molecule has 0 fully saturated rings. The molecule has 0 atom stereocenters. The minimum absolute atomic E-state index is 0. The summed E-state index contributed by atoms with van der Waals surface area (Å²) in [5, 5.41) is 18.6. The van der Waals surface area contributed by atoms with Crippen LogP contribution in [0.3, 0.4) is 0 Å². The van der Waals surface area contributed by atoms with Crippen LogP contribution >= 0.6 is 0 Å². The largest absolute Gasteiger partial charge is 0.486 e. The first-order chi connectivity index (χ1) is 34.3. The molecule has 4 heterocycles. The zero-order valence-corrected chi connectivity index (χ0v) is 44.5. The smallest absolute Gasteiger partial charge is 0.216 e. The fourth-order valence-corrected chi connectivity index (χ4v) is 10.9. The van der Waals surface area contributed by atoms with Gasteiger partial charge in [-0.2, -0.15) is 5.26 Å². The van der Waals surface area contributed by atoms with Crippen LogP contribution in [0.15, 0.2) is 168 Å². The molecule has 9 heteroatoms. The number of aromatic nitrogens is 4.